The second kappa shape index (κ2) is 5.82. The lowest BCUT2D eigenvalue weighted by Gasteiger charge is -2.12. The fourth-order valence-corrected chi connectivity index (χ4v) is 3.23. The van der Waals surface area contributed by atoms with Crippen LogP contribution in [0, 0.1) is 6.92 Å². The molecule has 1 saturated heterocycles. The summed E-state index contributed by atoms with van der Waals surface area (Å²) in [7, 11) is -3.80. The predicted octanol–water partition coefficient (Wildman–Crippen LogP) is 0.250. The van der Waals surface area contributed by atoms with Crippen LogP contribution in [0.4, 0.5) is 0 Å². The van der Waals surface area contributed by atoms with Gasteiger partial charge in [0.05, 0.1) is 10.5 Å². The summed E-state index contributed by atoms with van der Waals surface area (Å²) in [5.74, 6) is -1.27. The molecule has 1 aromatic carbocycles. The maximum absolute atomic E-state index is 12.1. The number of benzene rings is 1. The van der Waals surface area contributed by atoms with Crippen molar-refractivity contribution < 1.29 is 23.1 Å². The van der Waals surface area contributed by atoms with Crippen molar-refractivity contribution in [2.75, 3.05) is 6.54 Å². The van der Waals surface area contributed by atoms with E-state index in [1.54, 1.807) is 6.92 Å². The Kier molecular flexibility index (Phi) is 4.29. The summed E-state index contributed by atoms with van der Waals surface area (Å²) in [5, 5.41) is 11.7. The van der Waals surface area contributed by atoms with E-state index in [9.17, 15) is 18.0 Å². The standard InChI is InChI=1S/C13H16N2O5S/c1-8-2-4-10(6-11(8)13(17)18)21(19,20)14-7-9-3-5-12(16)15-9/h2,4,6,9,14H,3,5,7H2,1H3,(H,15,16)(H,17,18). The van der Waals surface area contributed by atoms with Gasteiger partial charge in [-0.25, -0.2) is 17.9 Å². The minimum atomic E-state index is -3.80. The van der Waals surface area contributed by atoms with Gasteiger partial charge in [0.15, 0.2) is 0 Å². The Morgan fingerprint density at radius 1 is 1.48 bits per heavy atom. The van der Waals surface area contributed by atoms with Crippen LogP contribution in [-0.2, 0) is 14.8 Å². The van der Waals surface area contributed by atoms with Crippen molar-refractivity contribution in [2.24, 2.45) is 0 Å². The molecule has 1 unspecified atom stereocenters. The molecule has 0 bridgehead atoms. The van der Waals surface area contributed by atoms with Crippen molar-refractivity contribution in [3.63, 3.8) is 0 Å². The molecule has 1 atom stereocenters. The average Bonchev–Trinajstić information content (AvgIpc) is 2.82. The maximum atomic E-state index is 12.1. The Balaban J connectivity index is 2.14. The number of carbonyl (C=O) groups is 2. The van der Waals surface area contributed by atoms with Crippen LogP contribution < -0.4 is 10.0 Å². The van der Waals surface area contributed by atoms with Gasteiger partial charge in [0.2, 0.25) is 15.9 Å². The van der Waals surface area contributed by atoms with E-state index < -0.39 is 16.0 Å². The minimum Gasteiger partial charge on any atom is -0.478 e. The minimum absolute atomic E-state index is 0.0490. The Morgan fingerprint density at radius 3 is 2.76 bits per heavy atom. The lowest BCUT2D eigenvalue weighted by Crippen LogP contribution is -2.38. The molecule has 0 spiro atoms. The molecule has 1 aromatic rings. The van der Waals surface area contributed by atoms with Crippen LogP contribution in [0.5, 0.6) is 0 Å². The second-order valence-corrected chi connectivity index (χ2v) is 6.70. The molecule has 1 aliphatic heterocycles. The maximum Gasteiger partial charge on any atom is 0.335 e. The molecule has 7 nitrogen and oxygen atoms in total. The van der Waals surface area contributed by atoms with E-state index in [-0.39, 0.29) is 29.0 Å². The van der Waals surface area contributed by atoms with Gasteiger partial charge in [-0.1, -0.05) is 6.07 Å². The first kappa shape index (κ1) is 15.5. The first-order valence-electron chi connectivity index (χ1n) is 6.42. The number of rotatable bonds is 5. The number of amides is 1. The molecular weight excluding hydrogens is 296 g/mol. The fraction of sp³-hybridized carbons (Fsp3) is 0.385. The van der Waals surface area contributed by atoms with Crippen LogP contribution in [0.15, 0.2) is 23.1 Å². The van der Waals surface area contributed by atoms with Crippen LogP contribution in [-0.4, -0.2) is 38.0 Å². The molecular formula is C13H16N2O5S. The van der Waals surface area contributed by atoms with Crippen LogP contribution in [0.1, 0.15) is 28.8 Å². The van der Waals surface area contributed by atoms with Crippen LogP contribution in [0.25, 0.3) is 0 Å². The highest BCUT2D eigenvalue weighted by atomic mass is 32.2. The van der Waals surface area contributed by atoms with E-state index in [0.717, 1.165) is 6.07 Å². The van der Waals surface area contributed by atoms with E-state index in [1.165, 1.54) is 12.1 Å². The Labute approximate surface area is 122 Å². The topological polar surface area (TPSA) is 113 Å². The highest BCUT2D eigenvalue weighted by molar-refractivity contribution is 7.89. The number of carboxylic acids is 1. The lowest BCUT2D eigenvalue weighted by atomic mass is 10.1. The molecule has 1 heterocycles. The van der Waals surface area contributed by atoms with Gasteiger partial charge in [-0.3, -0.25) is 4.79 Å². The number of aryl methyl sites for hydroxylation is 1. The molecule has 2 rings (SSSR count). The van der Waals surface area contributed by atoms with Gasteiger partial charge in [0.25, 0.3) is 0 Å². The zero-order chi connectivity index (χ0) is 15.6. The largest absolute Gasteiger partial charge is 0.478 e. The molecule has 0 saturated carbocycles. The monoisotopic (exact) mass is 312 g/mol. The number of aromatic carboxylic acids is 1. The van der Waals surface area contributed by atoms with Crippen molar-refractivity contribution in [3.05, 3.63) is 29.3 Å². The number of carboxylic acid groups (broad SMARTS) is 1. The molecule has 114 valence electrons. The quantitative estimate of drug-likeness (QED) is 0.721. The van der Waals surface area contributed by atoms with E-state index in [2.05, 4.69) is 10.0 Å². The number of nitrogens with one attached hydrogen (secondary N) is 2. The van der Waals surface area contributed by atoms with Gasteiger partial charge in [-0.15, -0.1) is 0 Å². The summed E-state index contributed by atoms with van der Waals surface area (Å²) in [4.78, 5) is 22.0. The van der Waals surface area contributed by atoms with Gasteiger partial charge in [-0.05, 0) is 31.0 Å². The molecule has 1 fully saturated rings. The molecule has 0 aromatic heterocycles. The Hall–Kier alpha value is -1.93. The van der Waals surface area contributed by atoms with E-state index in [0.29, 0.717) is 18.4 Å². The van der Waals surface area contributed by atoms with Crippen LogP contribution >= 0.6 is 0 Å². The van der Waals surface area contributed by atoms with E-state index in [1.807, 2.05) is 0 Å². The van der Waals surface area contributed by atoms with Gasteiger partial charge in [0.1, 0.15) is 0 Å². The number of hydrogen-bond donors (Lipinski definition) is 3. The summed E-state index contributed by atoms with van der Waals surface area (Å²) in [6.45, 7) is 1.69. The normalized spacial score (nSPS) is 18.5. The molecule has 1 amide bonds. The molecule has 0 radical (unpaired) electrons. The summed E-state index contributed by atoms with van der Waals surface area (Å²) < 4.78 is 26.7. The Bertz CT molecular complexity index is 684. The van der Waals surface area contributed by atoms with Crippen molar-refractivity contribution >= 4 is 21.9 Å². The van der Waals surface area contributed by atoms with E-state index >= 15 is 0 Å². The molecule has 1 aliphatic rings. The molecule has 0 aliphatic carbocycles. The summed E-state index contributed by atoms with van der Waals surface area (Å²) in [6, 6.07) is 3.72. The molecule has 21 heavy (non-hydrogen) atoms. The molecule has 8 heteroatoms. The number of hydrogen-bond acceptors (Lipinski definition) is 4. The third-order valence-corrected chi connectivity index (χ3v) is 4.78. The van der Waals surface area contributed by atoms with Gasteiger partial charge in [0, 0.05) is 19.0 Å². The molecule has 3 N–H and O–H groups in total. The van der Waals surface area contributed by atoms with E-state index in [4.69, 9.17) is 5.11 Å². The van der Waals surface area contributed by atoms with Gasteiger partial charge >= 0.3 is 5.97 Å². The predicted molar refractivity (Wildman–Crippen MR) is 74.5 cm³/mol. The zero-order valence-electron chi connectivity index (χ0n) is 11.4. The van der Waals surface area contributed by atoms with Crippen molar-refractivity contribution in [1.29, 1.82) is 0 Å². The first-order valence-corrected chi connectivity index (χ1v) is 7.91. The van der Waals surface area contributed by atoms with Crippen LogP contribution in [0.3, 0.4) is 0 Å². The van der Waals surface area contributed by atoms with Crippen molar-refractivity contribution in [2.45, 2.75) is 30.7 Å². The van der Waals surface area contributed by atoms with Crippen molar-refractivity contribution in [1.82, 2.24) is 10.0 Å². The van der Waals surface area contributed by atoms with Gasteiger partial charge in [-0.2, -0.15) is 0 Å². The second-order valence-electron chi connectivity index (χ2n) is 4.94. The van der Waals surface area contributed by atoms with Crippen molar-refractivity contribution in [3.8, 4) is 0 Å². The fourth-order valence-electron chi connectivity index (χ4n) is 2.12. The summed E-state index contributed by atoms with van der Waals surface area (Å²) >= 11 is 0. The van der Waals surface area contributed by atoms with Crippen LogP contribution in [0.2, 0.25) is 0 Å². The average molecular weight is 312 g/mol. The SMILES string of the molecule is Cc1ccc(S(=O)(=O)NCC2CCC(=O)N2)cc1C(=O)O. The lowest BCUT2D eigenvalue weighted by molar-refractivity contribution is -0.119. The smallest absolute Gasteiger partial charge is 0.335 e. The third kappa shape index (κ3) is 3.59. The summed E-state index contributed by atoms with van der Waals surface area (Å²) in [5.41, 5.74) is 0.441. The highest BCUT2D eigenvalue weighted by Crippen LogP contribution is 2.16. The Morgan fingerprint density at radius 2 is 2.19 bits per heavy atom. The third-order valence-electron chi connectivity index (χ3n) is 3.35. The first-order chi connectivity index (χ1) is 9.79. The summed E-state index contributed by atoms with van der Waals surface area (Å²) in [6.07, 6.45) is 0.968. The highest BCUT2D eigenvalue weighted by Gasteiger charge is 2.24. The zero-order valence-corrected chi connectivity index (χ0v) is 12.2. The van der Waals surface area contributed by atoms with Gasteiger partial charge < -0.3 is 10.4 Å². The number of sulfonamides is 1. The number of carbonyl (C=O) groups excluding carboxylic acids is 1.